The van der Waals surface area contributed by atoms with Crippen LogP contribution in [-0.4, -0.2) is 18.7 Å². The van der Waals surface area contributed by atoms with Crippen LogP contribution in [-0.2, 0) is 4.74 Å². The van der Waals surface area contributed by atoms with Crippen LogP contribution in [0.1, 0.15) is 11.6 Å². The zero-order valence-electron chi connectivity index (χ0n) is 7.33. The number of aromatic nitrogens is 1. The second kappa shape index (κ2) is 5.14. The molecule has 0 aliphatic carbocycles. The van der Waals surface area contributed by atoms with Crippen molar-refractivity contribution in [1.82, 2.24) is 10.4 Å². The largest absolute Gasteiger partial charge is 0.383 e. The highest BCUT2D eigenvalue weighted by molar-refractivity contribution is 6.29. The van der Waals surface area contributed by atoms with E-state index >= 15 is 0 Å². The van der Waals surface area contributed by atoms with Gasteiger partial charge in [-0.1, -0.05) is 11.6 Å². The summed E-state index contributed by atoms with van der Waals surface area (Å²) in [6.07, 6.45) is 1.64. The lowest BCUT2D eigenvalue weighted by atomic mass is 10.1. The van der Waals surface area contributed by atoms with Gasteiger partial charge in [-0.15, -0.1) is 0 Å². The molecule has 0 aromatic carbocycles. The quantitative estimate of drug-likeness (QED) is 0.432. The lowest BCUT2D eigenvalue weighted by Crippen LogP contribution is -2.31. The predicted molar refractivity (Wildman–Crippen MR) is 51.2 cm³/mol. The number of hydrogen-bond donors (Lipinski definition) is 2. The fourth-order valence-electron chi connectivity index (χ4n) is 1.04. The summed E-state index contributed by atoms with van der Waals surface area (Å²) < 4.78 is 4.98. The second-order valence-electron chi connectivity index (χ2n) is 2.59. The molecule has 0 amide bonds. The molecule has 1 atom stereocenters. The standard InChI is InChI=1S/C8H12ClN3O/c1-13-5-7(12-10)6-2-3-11-8(9)4-6/h2-4,7,12H,5,10H2,1H3. The van der Waals surface area contributed by atoms with Gasteiger partial charge in [0.2, 0.25) is 0 Å². The molecule has 0 saturated heterocycles. The first-order chi connectivity index (χ1) is 6.27. The maximum absolute atomic E-state index is 5.73. The number of nitrogens with zero attached hydrogens (tertiary/aromatic N) is 1. The second-order valence-corrected chi connectivity index (χ2v) is 2.97. The number of methoxy groups -OCH3 is 1. The summed E-state index contributed by atoms with van der Waals surface area (Å²) in [4.78, 5) is 3.87. The molecule has 1 aromatic rings. The van der Waals surface area contributed by atoms with E-state index in [2.05, 4.69) is 10.4 Å². The number of rotatable bonds is 4. The molecule has 0 fully saturated rings. The highest BCUT2D eigenvalue weighted by atomic mass is 35.5. The third kappa shape index (κ3) is 2.93. The van der Waals surface area contributed by atoms with Crippen LogP contribution in [0.15, 0.2) is 18.3 Å². The van der Waals surface area contributed by atoms with Crippen molar-refractivity contribution < 1.29 is 4.74 Å². The molecule has 0 radical (unpaired) electrons. The molecule has 0 bridgehead atoms. The molecule has 4 nitrogen and oxygen atoms in total. The van der Waals surface area contributed by atoms with Crippen molar-refractivity contribution in [2.24, 2.45) is 5.84 Å². The van der Waals surface area contributed by atoms with Crippen molar-refractivity contribution in [3.8, 4) is 0 Å². The number of nitrogens with two attached hydrogens (primary N) is 1. The van der Waals surface area contributed by atoms with E-state index in [4.69, 9.17) is 22.2 Å². The van der Waals surface area contributed by atoms with Crippen molar-refractivity contribution in [3.63, 3.8) is 0 Å². The summed E-state index contributed by atoms with van der Waals surface area (Å²) in [5.41, 5.74) is 3.60. The fraction of sp³-hybridized carbons (Fsp3) is 0.375. The SMILES string of the molecule is COCC(NN)c1ccnc(Cl)c1. The summed E-state index contributed by atoms with van der Waals surface area (Å²) in [6.45, 7) is 0.497. The topological polar surface area (TPSA) is 60.2 Å². The Hall–Kier alpha value is -0.680. The van der Waals surface area contributed by atoms with E-state index in [0.29, 0.717) is 11.8 Å². The van der Waals surface area contributed by atoms with Gasteiger partial charge in [-0.25, -0.2) is 4.98 Å². The molecule has 1 rings (SSSR count). The molecule has 0 aliphatic rings. The first kappa shape index (κ1) is 10.4. The normalized spacial score (nSPS) is 12.8. The number of hydrazine groups is 1. The molecular formula is C8H12ClN3O. The monoisotopic (exact) mass is 201 g/mol. The fourth-order valence-corrected chi connectivity index (χ4v) is 1.22. The van der Waals surface area contributed by atoms with Crippen LogP contribution in [0.25, 0.3) is 0 Å². The van der Waals surface area contributed by atoms with E-state index < -0.39 is 0 Å². The maximum Gasteiger partial charge on any atom is 0.129 e. The molecule has 3 N–H and O–H groups in total. The van der Waals surface area contributed by atoms with Crippen LogP contribution >= 0.6 is 11.6 Å². The average molecular weight is 202 g/mol. The van der Waals surface area contributed by atoms with Gasteiger partial charge in [0.05, 0.1) is 12.6 Å². The highest BCUT2D eigenvalue weighted by Gasteiger charge is 2.08. The Kier molecular flexibility index (Phi) is 4.11. The Morgan fingerprint density at radius 1 is 1.77 bits per heavy atom. The summed E-state index contributed by atoms with van der Waals surface area (Å²) >= 11 is 5.73. The smallest absolute Gasteiger partial charge is 0.129 e. The van der Waals surface area contributed by atoms with Gasteiger partial charge in [0.1, 0.15) is 5.15 Å². The molecule has 1 heterocycles. The Bertz CT molecular complexity index is 269. The lowest BCUT2D eigenvalue weighted by molar-refractivity contribution is 0.167. The van der Waals surface area contributed by atoms with E-state index in [1.807, 2.05) is 6.07 Å². The van der Waals surface area contributed by atoms with Crippen LogP contribution < -0.4 is 11.3 Å². The number of hydrogen-bond acceptors (Lipinski definition) is 4. The van der Waals surface area contributed by atoms with E-state index in [-0.39, 0.29) is 6.04 Å². The molecular weight excluding hydrogens is 190 g/mol. The molecule has 1 unspecified atom stereocenters. The number of halogens is 1. The van der Waals surface area contributed by atoms with Gasteiger partial charge in [0.25, 0.3) is 0 Å². The summed E-state index contributed by atoms with van der Waals surface area (Å²) in [6, 6.07) is 3.55. The van der Waals surface area contributed by atoms with Crippen LogP contribution in [0.5, 0.6) is 0 Å². The molecule has 5 heteroatoms. The Balaban J connectivity index is 2.78. The van der Waals surface area contributed by atoms with E-state index in [9.17, 15) is 0 Å². The number of pyridine rings is 1. The average Bonchev–Trinajstić information content (AvgIpc) is 2.14. The molecule has 0 aliphatic heterocycles. The predicted octanol–water partition coefficient (Wildman–Crippen LogP) is 0.886. The summed E-state index contributed by atoms with van der Waals surface area (Å²) in [5, 5.41) is 0.453. The zero-order valence-corrected chi connectivity index (χ0v) is 8.08. The van der Waals surface area contributed by atoms with Crippen molar-refractivity contribution in [2.75, 3.05) is 13.7 Å². The van der Waals surface area contributed by atoms with E-state index in [0.717, 1.165) is 5.56 Å². The van der Waals surface area contributed by atoms with Crippen LogP contribution in [0, 0.1) is 0 Å². The van der Waals surface area contributed by atoms with Gasteiger partial charge in [0, 0.05) is 13.3 Å². The minimum atomic E-state index is -0.0505. The minimum Gasteiger partial charge on any atom is -0.383 e. The number of nitrogens with one attached hydrogen (secondary N) is 1. The Morgan fingerprint density at radius 3 is 3.08 bits per heavy atom. The lowest BCUT2D eigenvalue weighted by Gasteiger charge is -2.14. The summed E-state index contributed by atoms with van der Waals surface area (Å²) in [7, 11) is 1.62. The van der Waals surface area contributed by atoms with Gasteiger partial charge >= 0.3 is 0 Å². The van der Waals surface area contributed by atoms with Crippen molar-refractivity contribution >= 4 is 11.6 Å². The molecule has 1 aromatic heterocycles. The molecule has 0 saturated carbocycles. The first-order valence-electron chi connectivity index (χ1n) is 3.84. The molecule has 72 valence electrons. The Morgan fingerprint density at radius 2 is 2.54 bits per heavy atom. The van der Waals surface area contributed by atoms with Gasteiger partial charge in [-0.2, -0.15) is 0 Å². The van der Waals surface area contributed by atoms with Gasteiger partial charge in [0.15, 0.2) is 0 Å². The summed E-state index contributed by atoms with van der Waals surface area (Å²) in [5.74, 6) is 5.35. The maximum atomic E-state index is 5.73. The van der Waals surface area contributed by atoms with Crippen LogP contribution in [0.3, 0.4) is 0 Å². The van der Waals surface area contributed by atoms with Crippen molar-refractivity contribution in [2.45, 2.75) is 6.04 Å². The third-order valence-corrected chi connectivity index (χ3v) is 1.89. The van der Waals surface area contributed by atoms with Gasteiger partial charge < -0.3 is 4.74 Å². The van der Waals surface area contributed by atoms with Gasteiger partial charge in [-0.3, -0.25) is 11.3 Å². The van der Waals surface area contributed by atoms with Crippen LogP contribution in [0.2, 0.25) is 5.15 Å². The van der Waals surface area contributed by atoms with Crippen molar-refractivity contribution in [3.05, 3.63) is 29.0 Å². The third-order valence-electron chi connectivity index (χ3n) is 1.69. The zero-order chi connectivity index (χ0) is 9.68. The van der Waals surface area contributed by atoms with E-state index in [1.54, 1.807) is 19.4 Å². The molecule has 0 spiro atoms. The number of ether oxygens (including phenoxy) is 1. The van der Waals surface area contributed by atoms with Crippen LogP contribution in [0.4, 0.5) is 0 Å². The van der Waals surface area contributed by atoms with Gasteiger partial charge in [-0.05, 0) is 17.7 Å². The highest BCUT2D eigenvalue weighted by Crippen LogP contribution is 2.14. The van der Waals surface area contributed by atoms with Crippen molar-refractivity contribution in [1.29, 1.82) is 0 Å². The Labute approximate surface area is 82.0 Å². The first-order valence-corrected chi connectivity index (χ1v) is 4.22. The molecule has 13 heavy (non-hydrogen) atoms. The minimum absolute atomic E-state index is 0.0505. The van der Waals surface area contributed by atoms with E-state index in [1.165, 1.54) is 0 Å².